The second-order valence-electron chi connectivity index (χ2n) is 3.89. The van der Waals surface area contributed by atoms with Crippen LogP contribution in [-0.2, 0) is 4.79 Å². The first-order valence-electron chi connectivity index (χ1n) is 5.38. The van der Waals surface area contributed by atoms with E-state index in [0.717, 1.165) is 29.4 Å². The molecular formula is C12H14ClNOS. The van der Waals surface area contributed by atoms with Crippen molar-refractivity contribution >= 4 is 29.3 Å². The predicted octanol–water partition coefficient (Wildman–Crippen LogP) is 3.05. The van der Waals surface area contributed by atoms with Crippen LogP contribution >= 0.6 is 23.4 Å². The SMILES string of the molecule is CC(Sc1ccc(Cl)cc1)C(=O)N1CCC1. The van der Waals surface area contributed by atoms with Crippen molar-refractivity contribution < 1.29 is 4.79 Å². The lowest BCUT2D eigenvalue weighted by atomic mass is 10.2. The Balaban J connectivity index is 1.93. The predicted molar refractivity (Wildman–Crippen MR) is 68.0 cm³/mol. The molecule has 1 unspecified atom stereocenters. The van der Waals surface area contributed by atoms with Crippen molar-refractivity contribution in [2.45, 2.75) is 23.5 Å². The molecule has 0 saturated carbocycles. The fourth-order valence-electron chi connectivity index (χ4n) is 1.56. The molecule has 1 saturated heterocycles. The zero-order valence-electron chi connectivity index (χ0n) is 9.15. The Kier molecular flexibility index (Phi) is 3.77. The van der Waals surface area contributed by atoms with Crippen molar-refractivity contribution in [1.82, 2.24) is 4.90 Å². The summed E-state index contributed by atoms with van der Waals surface area (Å²) in [5, 5.41) is 0.715. The van der Waals surface area contributed by atoms with Gasteiger partial charge in [0.2, 0.25) is 5.91 Å². The number of rotatable bonds is 3. The molecule has 0 aliphatic carbocycles. The summed E-state index contributed by atoms with van der Waals surface area (Å²) in [7, 11) is 0. The molecule has 2 rings (SSSR count). The third-order valence-corrected chi connectivity index (χ3v) is 3.99. The number of likely N-dealkylation sites (tertiary alicyclic amines) is 1. The number of carbonyl (C=O) groups excluding carboxylic acids is 1. The van der Waals surface area contributed by atoms with Gasteiger partial charge in [0, 0.05) is 23.0 Å². The zero-order chi connectivity index (χ0) is 11.5. The Morgan fingerprint density at radius 1 is 1.38 bits per heavy atom. The van der Waals surface area contributed by atoms with E-state index in [4.69, 9.17) is 11.6 Å². The molecule has 1 atom stereocenters. The number of hydrogen-bond donors (Lipinski definition) is 0. The maximum atomic E-state index is 11.9. The van der Waals surface area contributed by atoms with E-state index in [-0.39, 0.29) is 11.2 Å². The van der Waals surface area contributed by atoms with Gasteiger partial charge < -0.3 is 4.90 Å². The maximum Gasteiger partial charge on any atom is 0.235 e. The van der Waals surface area contributed by atoms with Crippen LogP contribution in [0.2, 0.25) is 5.02 Å². The molecule has 1 fully saturated rings. The van der Waals surface area contributed by atoms with Crippen LogP contribution in [0.4, 0.5) is 0 Å². The van der Waals surface area contributed by atoms with Gasteiger partial charge >= 0.3 is 0 Å². The Bertz CT molecular complexity index is 375. The van der Waals surface area contributed by atoms with Crippen LogP contribution in [0.15, 0.2) is 29.2 Å². The zero-order valence-corrected chi connectivity index (χ0v) is 10.7. The quantitative estimate of drug-likeness (QED) is 0.774. The molecule has 2 nitrogen and oxygen atoms in total. The van der Waals surface area contributed by atoms with Crippen LogP contribution in [0.1, 0.15) is 13.3 Å². The summed E-state index contributed by atoms with van der Waals surface area (Å²) in [6, 6.07) is 7.61. The van der Waals surface area contributed by atoms with Crippen molar-refractivity contribution in [2.24, 2.45) is 0 Å². The summed E-state index contributed by atoms with van der Waals surface area (Å²) in [6.07, 6.45) is 1.14. The summed E-state index contributed by atoms with van der Waals surface area (Å²) < 4.78 is 0. The topological polar surface area (TPSA) is 20.3 Å². The molecule has 16 heavy (non-hydrogen) atoms. The molecule has 0 N–H and O–H groups in total. The first kappa shape index (κ1) is 11.8. The van der Waals surface area contributed by atoms with Crippen LogP contribution in [0.5, 0.6) is 0 Å². The normalized spacial score (nSPS) is 16.8. The van der Waals surface area contributed by atoms with Crippen molar-refractivity contribution in [2.75, 3.05) is 13.1 Å². The third-order valence-electron chi connectivity index (χ3n) is 2.64. The average Bonchev–Trinajstić information content (AvgIpc) is 2.19. The molecule has 1 amide bonds. The van der Waals surface area contributed by atoms with Crippen molar-refractivity contribution in [3.05, 3.63) is 29.3 Å². The molecular weight excluding hydrogens is 242 g/mol. The standard InChI is InChI=1S/C12H14ClNOS/c1-9(12(15)14-7-2-8-14)16-11-5-3-10(13)4-6-11/h3-6,9H,2,7-8H2,1H3. The maximum absolute atomic E-state index is 11.9. The number of hydrogen-bond acceptors (Lipinski definition) is 2. The molecule has 0 spiro atoms. The summed E-state index contributed by atoms with van der Waals surface area (Å²) in [6.45, 7) is 3.80. The van der Waals surface area contributed by atoms with Gasteiger partial charge in [-0.3, -0.25) is 4.79 Å². The van der Waals surface area contributed by atoms with Crippen molar-refractivity contribution in [1.29, 1.82) is 0 Å². The van der Waals surface area contributed by atoms with Gasteiger partial charge in [-0.2, -0.15) is 0 Å². The van der Waals surface area contributed by atoms with Crippen LogP contribution in [0, 0.1) is 0 Å². The van der Waals surface area contributed by atoms with Gasteiger partial charge in [0.25, 0.3) is 0 Å². The van der Waals surface area contributed by atoms with Crippen LogP contribution < -0.4 is 0 Å². The van der Waals surface area contributed by atoms with Crippen molar-refractivity contribution in [3.63, 3.8) is 0 Å². The van der Waals surface area contributed by atoms with Crippen molar-refractivity contribution in [3.8, 4) is 0 Å². The Morgan fingerprint density at radius 2 is 2.00 bits per heavy atom. The van der Waals surface area contributed by atoms with E-state index in [0.29, 0.717) is 0 Å². The highest BCUT2D eigenvalue weighted by Gasteiger charge is 2.25. The molecule has 1 aliphatic heterocycles. The first-order chi connectivity index (χ1) is 7.66. The summed E-state index contributed by atoms with van der Waals surface area (Å²) in [4.78, 5) is 14.9. The van der Waals surface area contributed by atoms with Gasteiger partial charge in [-0.1, -0.05) is 11.6 Å². The lowest BCUT2D eigenvalue weighted by Gasteiger charge is -2.32. The number of benzene rings is 1. The van der Waals surface area contributed by atoms with Crippen LogP contribution in [-0.4, -0.2) is 29.1 Å². The summed E-state index contributed by atoms with van der Waals surface area (Å²) in [5.41, 5.74) is 0. The lowest BCUT2D eigenvalue weighted by Crippen LogP contribution is -2.45. The highest BCUT2D eigenvalue weighted by molar-refractivity contribution is 8.00. The summed E-state index contributed by atoms with van der Waals surface area (Å²) >= 11 is 7.40. The second-order valence-corrected chi connectivity index (χ2v) is 5.74. The molecule has 0 radical (unpaired) electrons. The van der Waals surface area contributed by atoms with E-state index < -0.39 is 0 Å². The molecule has 4 heteroatoms. The molecule has 1 heterocycles. The minimum absolute atomic E-state index is 0.0125. The van der Waals surface area contributed by atoms with Gasteiger partial charge in [-0.15, -0.1) is 11.8 Å². The van der Waals surface area contributed by atoms with E-state index in [1.807, 2.05) is 36.1 Å². The number of carbonyl (C=O) groups is 1. The van der Waals surface area contributed by atoms with Crippen LogP contribution in [0.3, 0.4) is 0 Å². The van der Waals surface area contributed by atoms with Gasteiger partial charge in [-0.25, -0.2) is 0 Å². The van der Waals surface area contributed by atoms with E-state index in [9.17, 15) is 4.79 Å². The van der Waals surface area contributed by atoms with E-state index >= 15 is 0 Å². The van der Waals surface area contributed by atoms with Gasteiger partial charge in [0.1, 0.15) is 0 Å². The number of thioether (sulfide) groups is 1. The highest BCUT2D eigenvalue weighted by Crippen LogP contribution is 2.26. The number of amides is 1. The van der Waals surface area contributed by atoms with Gasteiger partial charge in [0.05, 0.1) is 5.25 Å². The Morgan fingerprint density at radius 3 is 2.50 bits per heavy atom. The van der Waals surface area contributed by atoms with Crippen LogP contribution in [0.25, 0.3) is 0 Å². The largest absolute Gasteiger partial charge is 0.342 e. The average molecular weight is 256 g/mol. The highest BCUT2D eigenvalue weighted by atomic mass is 35.5. The molecule has 0 aromatic heterocycles. The number of nitrogens with zero attached hydrogens (tertiary/aromatic N) is 1. The molecule has 86 valence electrons. The molecule has 1 aromatic rings. The van der Waals surface area contributed by atoms with Gasteiger partial charge in [0.15, 0.2) is 0 Å². The number of halogens is 1. The van der Waals surface area contributed by atoms with E-state index in [2.05, 4.69) is 0 Å². The lowest BCUT2D eigenvalue weighted by molar-refractivity contribution is -0.133. The minimum Gasteiger partial charge on any atom is -0.342 e. The fraction of sp³-hybridized carbons (Fsp3) is 0.417. The van der Waals surface area contributed by atoms with E-state index in [1.54, 1.807) is 11.8 Å². The molecule has 1 aliphatic rings. The monoisotopic (exact) mass is 255 g/mol. The summed E-state index contributed by atoms with van der Waals surface area (Å²) in [5.74, 6) is 0.242. The minimum atomic E-state index is -0.0125. The second kappa shape index (κ2) is 5.11. The van der Waals surface area contributed by atoms with Gasteiger partial charge in [-0.05, 0) is 37.6 Å². The fourth-order valence-corrected chi connectivity index (χ4v) is 2.64. The molecule has 1 aromatic carbocycles. The Labute approximate surface area is 105 Å². The third kappa shape index (κ3) is 2.71. The first-order valence-corrected chi connectivity index (χ1v) is 6.63. The smallest absolute Gasteiger partial charge is 0.235 e. The van der Waals surface area contributed by atoms with E-state index in [1.165, 1.54) is 0 Å². The Hall–Kier alpha value is -0.670. The molecule has 0 bridgehead atoms.